The summed E-state index contributed by atoms with van der Waals surface area (Å²) >= 11 is 1.74. The van der Waals surface area contributed by atoms with Crippen LogP contribution in [0.3, 0.4) is 0 Å². The second-order valence-electron chi connectivity index (χ2n) is 6.58. The van der Waals surface area contributed by atoms with E-state index in [0.29, 0.717) is 0 Å². The Labute approximate surface area is 149 Å². The largest absolute Gasteiger partial charge is 0.236 e. The monoisotopic (exact) mass is 340 g/mol. The molecule has 2 aromatic heterocycles. The number of rotatable bonds is 1. The van der Waals surface area contributed by atoms with Crippen LogP contribution in [0.4, 0.5) is 0 Å². The Morgan fingerprint density at radius 1 is 0.800 bits per heavy atom. The second kappa shape index (κ2) is 5.36. The van der Waals surface area contributed by atoms with E-state index in [2.05, 4.69) is 78.4 Å². The van der Waals surface area contributed by atoms with Crippen LogP contribution in [-0.2, 0) is 0 Å². The van der Waals surface area contributed by atoms with Crippen molar-refractivity contribution < 1.29 is 0 Å². The highest BCUT2D eigenvalue weighted by Gasteiger charge is 2.14. The third kappa shape index (κ3) is 2.31. The highest BCUT2D eigenvalue weighted by atomic mass is 32.1. The van der Waals surface area contributed by atoms with Crippen molar-refractivity contribution in [2.24, 2.45) is 0 Å². The highest BCUT2D eigenvalue weighted by Crippen LogP contribution is 2.39. The zero-order valence-electron chi connectivity index (χ0n) is 14.1. The van der Waals surface area contributed by atoms with Crippen molar-refractivity contribution in [3.05, 3.63) is 72.1 Å². The molecule has 3 heteroatoms. The fourth-order valence-electron chi connectivity index (χ4n) is 3.62. The van der Waals surface area contributed by atoms with Gasteiger partial charge in [-0.1, -0.05) is 41.5 Å². The van der Waals surface area contributed by atoms with Gasteiger partial charge in [0.05, 0.1) is 5.69 Å². The molecule has 0 spiro atoms. The van der Waals surface area contributed by atoms with Crippen LogP contribution in [0.15, 0.2) is 60.9 Å². The lowest BCUT2D eigenvalue weighted by atomic mass is 10.0. The van der Waals surface area contributed by atoms with Crippen molar-refractivity contribution in [2.45, 2.75) is 13.8 Å². The molecule has 2 nitrogen and oxygen atoms in total. The van der Waals surface area contributed by atoms with E-state index in [1.807, 2.05) is 0 Å². The van der Waals surface area contributed by atoms with Gasteiger partial charge in [0.1, 0.15) is 11.2 Å². The first-order valence-electron chi connectivity index (χ1n) is 8.34. The summed E-state index contributed by atoms with van der Waals surface area (Å²) in [6, 6.07) is 19.7. The summed E-state index contributed by atoms with van der Waals surface area (Å²) in [7, 11) is 0. The van der Waals surface area contributed by atoms with Gasteiger partial charge in [-0.2, -0.15) is 0 Å². The molecule has 0 radical (unpaired) electrons. The van der Waals surface area contributed by atoms with Crippen LogP contribution in [0.1, 0.15) is 11.1 Å². The summed E-state index contributed by atoms with van der Waals surface area (Å²) in [4.78, 5) is 10.3. The summed E-state index contributed by atoms with van der Waals surface area (Å²) in [5.74, 6) is 0. The normalized spacial score (nSPS) is 11.6. The SMILES string of the molecule is Cc1cc(C)cc(-c2ncnc3sc4cc5ccccc5cc4c23)c1. The van der Waals surface area contributed by atoms with Gasteiger partial charge in [-0.15, -0.1) is 11.3 Å². The Morgan fingerprint density at radius 2 is 1.52 bits per heavy atom. The van der Waals surface area contributed by atoms with E-state index >= 15 is 0 Å². The molecular weight excluding hydrogens is 324 g/mol. The molecule has 120 valence electrons. The number of hydrogen-bond donors (Lipinski definition) is 0. The van der Waals surface area contributed by atoms with E-state index < -0.39 is 0 Å². The molecule has 0 bridgehead atoms. The fraction of sp³-hybridized carbons (Fsp3) is 0.0909. The fourth-order valence-corrected chi connectivity index (χ4v) is 4.70. The molecule has 0 aliphatic rings. The van der Waals surface area contributed by atoms with E-state index in [0.717, 1.165) is 16.1 Å². The molecule has 0 aliphatic heterocycles. The third-order valence-corrected chi connectivity index (χ3v) is 5.69. The molecule has 0 fully saturated rings. The number of fused-ring (bicyclic) bond motifs is 4. The summed E-state index contributed by atoms with van der Waals surface area (Å²) < 4.78 is 1.26. The van der Waals surface area contributed by atoms with Gasteiger partial charge in [-0.25, -0.2) is 9.97 Å². The topological polar surface area (TPSA) is 25.8 Å². The summed E-state index contributed by atoms with van der Waals surface area (Å²) in [5.41, 5.74) is 4.70. The number of aromatic nitrogens is 2. The van der Waals surface area contributed by atoms with Crippen molar-refractivity contribution >= 4 is 42.4 Å². The minimum atomic E-state index is 1.03. The maximum absolute atomic E-state index is 4.66. The van der Waals surface area contributed by atoms with Crippen LogP contribution in [0.5, 0.6) is 0 Å². The van der Waals surface area contributed by atoms with E-state index in [1.165, 1.54) is 37.4 Å². The minimum Gasteiger partial charge on any atom is -0.236 e. The van der Waals surface area contributed by atoms with Gasteiger partial charge in [0, 0.05) is 21.0 Å². The summed E-state index contributed by atoms with van der Waals surface area (Å²) in [6.45, 7) is 4.27. The lowest BCUT2D eigenvalue weighted by molar-refractivity contribution is 1.23. The lowest BCUT2D eigenvalue weighted by Crippen LogP contribution is -1.88. The zero-order chi connectivity index (χ0) is 17.0. The van der Waals surface area contributed by atoms with Gasteiger partial charge in [-0.05, 0) is 48.9 Å². The molecule has 0 amide bonds. The smallest absolute Gasteiger partial charge is 0.128 e. The number of nitrogens with zero attached hydrogens (tertiary/aromatic N) is 2. The molecule has 3 aromatic carbocycles. The molecule has 2 heterocycles. The first-order chi connectivity index (χ1) is 12.2. The highest BCUT2D eigenvalue weighted by molar-refractivity contribution is 7.25. The number of aryl methyl sites for hydroxylation is 2. The Morgan fingerprint density at radius 3 is 2.28 bits per heavy atom. The molecule has 0 atom stereocenters. The molecule has 5 rings (SSSR count). The molecule has 5 aromatic rings. The average Bonchev–Trinajstić information content (AvgIpc) is 2.96. The average molecular weight is 340 g/mol. The number of benzene rings is 3. The van der Waals surface area contributed by atoms with Crippen LogP contribution in [0, 0.1) is 13.8 Å². The van der Waals surface area contributed by atoms with Gasteiger partial charge in [0.2, 0.25) is 0 Å². The molecular formula is C22H16N2S. The second-order valence-corrected chi connectivity index (χ2v) is 7.61. The van der Waals surface area contributed by atoms with Gasteiger partial charge in [0.25, 0.3) is 0 Å². The van der Waals surface area contributed by atoms with Crippen LogP contribution >= 0.6 is 11.3 Å². The first kappa shape index (κ1) is 14.6. The molecule has 0 unspecified atom stereocenters. The number of thiophene rings is 1. The first-order valence-corrected chi connectivity index (χ1v) is 9.15. The Bertz CT molecular complexity index is 1250. The van der Waals surface area contributed by atoms with Crippen molar-refractivity contribution in [3.8, 4) is 11.3 Å². The lowest BCUT2D eigenvalue weighted by Gasteiger charge is -2.06. The third-order valence-electron chi connectivity index (χ3n) is 4.63. The van der Waals surface area contributed by atoms with Crippen LogP contribution in [0.2, 0.25) is 0 Å². The van der Waals surface area contributed by atoms with Gasteiger partial charge >= 0.3 is 0 Å². The Kier molecular flexibility index (Phi) is 3.12. The van der Waals surface area contributed by atoms with Gasteiger partial charge < -0.3 is 0 Å². The van der Waals surface area contributed by atoms with Crippen molar-refractivity contribution in [1.29, 1.82) is 0 Å². The predicted octanol–water partition coefficient (Wildman–Crippen LogP) is 6.28. The zero-order valence-corrected chi connectivity index (χ0v) is 14.9. The molecule has 25 heavy (non-hydrogen) atoms. The van der Waals surface area contributed by atoms with E-state index in [9.17, 15) is 0 Å². The van der Waals surface area contributed by atoms with Gasteiger partial charge in [0.15, 0.2) is 0 Å². The van der Waals surface area contributed by atoms with E-state index in [-0.39, 0.29) is 0 Å². The molecule has 0 N–H and O–H groups in total. The molecule has 0 aliphatic carbocycles. The standard InChI is InChI=1S/C22H16N2S/c1-13-7-14(2)9-17(8-13)21-20-18-10-15-5-3-4-6-16(15)11-19(18)25-22(20)24-12-23-21/h3-12H,1-2H3. The maximum Gasteiger partial charge on any atom is 0.128 e. The van der Waals surface area contributed by atoms with Crippen LogP contribution < -0.4 is 0 Å². The maximum atomic E-state index is 4.66. The Hall–Kier alpha value is -2.78. The van der Waals surface area contributed by atoms with Crippen molar-refractivity contribution in [3.63, 3.8) is 0 Å². The predicted molar refractivity (Wildman–Crippen MR) is 107 cm³/mol. The number of hydrogen-bond acceptors (Lipinski definition) is 3. The van der Waals surface area contributed by atoms with E-state index in [1.54, 1.807) is 17.7 Å². The Balaban J connectivity index is 1.92. The van der Waals surface area contributed by atoms with Crippen LogP contribution in [-0.4, -0.2) is 9.97 Å². The molecule has 0 saturated heterocycles. The van der Waals surface area contributed by atoms with Crippen molar-refractivity contribution in [2.75, 3.05) is 0 Å². The van der Waals surface area contributed by atoms with Gasteiger partial charge in [-0.3, -0.25) is 0 Å². The van der Waals surface area contributed by atoms with Crippen molar-refractivity contribution in [1.82, 2.24) is 9.97 Å². The summed E-state index contributed by atoms with van der Waals surface area (Å²) in [5, 5.41) is 4.93. The van der Waals surface area contributed by atoms with Crippen LogP contribution in [0.25, 0.3) is 42.3 Å². The quantitative estimate of drug-likeness (QED) is 0.359. The minimum absolute atomic E-state index is 1.03. The molecule has 0 saturated carbocycles. The van der Waals surface area contributed by atoms with E-state index in [4.69, 9.17) is 0 Å². The summed E-state index contributed by atoms with van der Waals surface area (Å²) in [6.07, 6.45) is 1.68.